The molecule has 1 unspecified atom stereocenters. The van der Waals surface area contributed by atoms with E-state index >= 15 is 0 Å². The van der Waals surface area contributed by atoms with Crippen LogP contribution in [0.2, 0.25) is 0 Å². The maximum absolute atomic E-state index is 13.2. The molecular weight excluding hydrogens is 352 g/mol. The van der Waals surface area contributed by atoms with E-state index in [4.69, 9.17) is 4.74 Å². The van der Waals surface area contributed by atoms with Crippen molar-refractivity contribution in [2.24, 2.45) is 0 Å². The van der Waals surface area contributed by atoms with Gasteiger partial charge in [-0.1, -0.05) is 24.3 Å². The van der Waals surface area contributed by atoms with Crippen LogP contribution in [0.1, 0.15) is 10.4 Å². The van der Waals surface area contributed by atoms with Crippen molar-refractivity contribution in [1.82, 2.24) is 9.88 Å². The Balaban J connectivity index is 1.77. The fourth-order valence-electron chi connectivity index (χ4n) is 3.06. The number of benzene rings is 1. The lowest BCUT2D eigenvalue weighted by molar-refractivity contribution is -0.154. The minimum absolute atomic E-state index is 0.0408. The number of aliphatic carboxylic acids is 1. The van der Waals surface area contributed by atoms with Gasteiger partial charge in [0.25, 0.3) is 5.91 Å². The first kappa shape index (κ1) is 16.7. The summed E-state index contributed by atoms with van der Waals surface area (Å²) in [4.78, 5) is 31.6. The molecule has 1 aliphatic heterocycles. The van der Waals surface area contributed by atoms with Gasteiger partial charge in [-0.05, 0) is 23.6 Å². The third kappa shape index (κ3) is 3.07. The number of hydrogen-bond acceptors (Lipinski definition) is 5. The zero-order valence-electron chi connectivity index (χ0n) is 13.8. The van der Waals surface area contributed by atoms with E-state index in [0.29, 0.717) is 12.1 Å². The first-order chi connectivity index (χ1) is 12.6. The summed E-state index contributed by atoms with van der Waals surface area (Å²) in [6.07, 6.45) is -0.988. The van der Waals surface area contributed by atoms with E-state index in [2.05, 4.69) is 4.98 Å². The largest absolute Gasteiger partial charge is 0.479 e. The Morgan fingerprint density at radius 2 is 2.08 bits per heavy atom. The lowest BCUT2D eigenvalue weighted by atomic mass is 10.1. The molecule has 1 N–H and O–H groups in total. The molecule has 4 rings (SSSR count). The second kappa shape index (κ2) is 6.86. The third-order valence-corrected chi connectivity index (χ3v) is 5.24. The number of carbonyl (C=O) groups is 2. The van der Waals surface area contributed by atoms with Gasteiger partial charge in [0, 0.05) is 11.9 Å². The van der Waals surface area contributed by atoms with Crippen LogP contribution in [0.5, 0.6) is 0 Å². The van der Waals surface area contributed by atoms with Crippen LogP contribution in [0, 0.1) is 0 Å². The molecule has 3 heterocycles. The van der Waals surface area contributed by atoms with E-state index in [-0.39, 0.29) is 19.1 Å². The highest BCUT2D eigenvalue weighted by Gasteiger charge is 2.30. The number of rotatable bonds is 3. The Hall–Kier alpha value is -2.77. The van der Waals surface area contributed by atoms with Crippen molar-refractivity contribution in [3.63, 3.8) is 0 Å². The zero-order valence-corrected chi connectivity index (χ0v) is 14.6. The van der Waals surface area contributed by atoms with E-state index in [1.54, 1.807) is 22.3 Å². The molecular formula is C19H16N2O4S. The number of morpholine rings is 1. The molecule has 1 aliphatic rings. The van der Waals surface area contributed by atoms with Crippen LogP contribution in [-0.4, -0.2) is 52.7 Å². The Morgan fingerprint density at radius 1 is 1.23 bits per heavy atom. The molecule has 0 spiro atoms. The van der Waals surface area contributed by atoms with E-state index < -0.39 is 12.1 Å². The molecule has 0 saturated carbocycles. The van der Waals surface area contributed by atoms with Crippen molar-refractivity contribution in [3.8, 4) is 10.6 Å². The van der Waals surface area contributed by atoms with Gasteiger partial charge in [0.15, 0.2) is 6.10 Å². The molecule has 3 aromatic rings. The molecule has 1 aromatic carbocycles. The highest BCUT2D eigenvalue weighted by molar-refractivity contribution is 7.13. The quantitative estimate of drug-likeness (QED) is 0.769. The fraction of sp³-hybridized carbons (Fsp3) is 0.211. The number of aromatic nitrogens is 1. The van der Waals surface area contributed by atoms with Gasteiger partial charge in [0.05, 0.1) is 34.8 Å². The number of carbonyl (C=O) groups excluding carboxylic acids is 1. The smallest absolute Gasteiger partial charge is 0.334 e. The van der Waals surface area contributed by atoms with Crippen LogP contribution in [0.4, 0.5) is 0 Å². The van der Waals surface area contributed by atoms with Crippen molar-refractivity contribution in [3.05, 3.63) is 53.4 Å². The van der Waals surface area contributed by atoms with E-state index in [9.17, 15) is 14.7 Å². The predicted molar refractivity (Wildman–Crippen MR) is 98.3 cm³/mol. The zero-order chi connectivity index (χ0) is 18.1. The highest BCUT2D eigenvalue weighted by atomic mass is 32.1. The Bertz CT molecular complexity index is 971. The van der Waals surface area contributed by atoms with Gasteiger partial charge < -0.3 is 14.7 Å². The number of ether oxygens (including phenoxy) is 1. The van der Waals surface area contributed by atoms with Gasteiger partial charge in [-0.3, -0.25) is 4.79 Å². The van der Waals surface area contributed by atoms with Gasteiger partial charge in [0.1, 0.15) is 0 Å². The molecule has 132 valence electrons. The van der Waals surface area contributed by atoms with Crippen molar-refractivity contribution in [2.75, 3.05) is 19.7 Å². The van der Waals surface area contributed by atoms with Gasteiger partial charge in [-0.15, -0.1) is 11.3 Å². The lowest BCUT2D eigenvalue weighted by Crippen LogP contribution is -2.48. The summed E-state index contributed by atoms with van der Waals surface area (Å²) < 4.78 is 5.22. The normalized spacial score (nSPS) is 17.4. The number of fused-ring (bicyclic) bond motifs is 1. The number of para-hydroxylation sites is 1. The molecule has 26 heavy (non-hydrogen) atoms. The minimum atomic E-state index is -1.05. The molecule has 1 saturated heterocycles. The molecule has 1 amide bonds. The van der Waals surface area contributed by atoms with Crippen molar-refractivity contribution in [1.29, 1.82) is 0 Å². The summed E-state index contributed by atoms with van der Waals surface area (Å²) in [5.74, 6) is -1.25. The van der Waals surface area contributed by atoms with Crippen molar-refractivity contribution < 1.29 is 19.4 Å². The first-order valence-corrected chi connectivity index (χ1v) is 9.09. The van der Waals surface area contributed by atoms with Gasteiger partial charge >= 0.3 is 5.97 Å². The lowest BCUT2D eigenvalue weighted by Gasteiger charge is -2.31. The van der Waals surface area contributed by atoms with Crippen LogP contribution >= 0.6 is 11.3 Å². The standard InChI is InChI=1S/C19H16N2O4S/c22-18(21-7-8-25-16(11-21)19(23)24)13-10-15(17-6-3-9-26-17)20-14-5-2-1-4-12(13)14/h1-6,9-10,16H,7-8,11H2,(H,23,24). The summed E-state index contributed by atoms with van der Waals surface area (Å²) in [6.45, 7) is 0.621. The number of carboxylic acid groups (broad SMARTS) is 1. The Kier molecular flexibility index (Phi) is 4.40. The third-order valence-electron chi connectivity index (χ3n) is 4.35. The number of nitrogens with zero attached hydrogens (tertiary/aromatic N) is 2. The molecule has 0 bridgehead atoms. The molecule has 0 aliphatic carbocycles. The second-order valence-corrected chi connectivity index (χ2v) is 6.95. The SMILES string of the molecule is O=C(O)C1CN(C(=O)c2cc(-c3cccs3)nc3ccccc23)CCO1. The summed E-state index contributed by atoms with van der Waals surface area (Å²) in [6, 6.07) is 13.2. The maximum Gasteiger partial charge on any atom is 0.334 e. The van der Waals surface area contributed by atoms with Gasteiger partial charge in [-0.2, -0.15) is 0 Å². The summed E-state index contributed by atoms with van der Waals surface area (Å²) in [7, 11) is 0. The monoisotopic (exact) mass is 368 g/mol. The average molecular weight is 368 g/mol. The van der Waals surface area contributed by atoms with Gasteiger partial charge in [0.2, 0.25) is 0 Å². The number of amides is 1. The molecule has 2 aromatic heterocycles. The van der Waals surface area contributed by atoms with E-state index in [1.165, 1.54) is 0 Å². The average Bonchev–Trinajstić information content (AvgIpc) is 3.21. The minimum Gasteiger partial charge on any atom is -0.479 e. The van der Waals surface area contributed by atoms with Crippen molar-refractivity contribution >= 4 is 34.1 Å². The fourth-order valence-corrected chi connectivity index (χ4v) is 3.74. The first-order valence-electron chi connectivity index (χ1n) is 8.21. The van der Waals surface area contributed by atoms with E-state index in [1.807, 2.05) is 41.8 Å². The molecule has 7 heteroatoms. The number of carboxylic acids is 1. The van der Waals surface area contributed by atoms with Gasteiger partial charge in [-0.25, -0.2) is 9.78 Å². The number of hydrogen-bond donors (Lipinski definition) is 1. The highest BCUT2D eigenvalue weighted by Crippen LogP contribution is 2.28. The maximum atomic E-state index is 13.2. The number of pyridine rings is 1. The molecule has 0 radical (unpaired) electrons. The molecule has 1 fully saturated rings. The van der Waals surface area contributed by atoms with E-state index in [0.717, 1.165) is 21.5 Å². The topological polar surface area (TPSA) is 79.7 Å². The van der Waals surface area contributed by atoms with Crippen molar-refractivity contribution in [2.45, 2.75) is 6.10 Å². The molecule has 1 atom stereocenters. The van der Waals surface area contributed by atoms with Crippen LogP contribution in [0.15, 0.2) is 47.8 Å². The predicted octanol–water partition coefficient (Wildman–Crippen LogP) is 2.89. The van der Waals surface area contributed by atoms with Crippen LogP contribution in [0.25, 0.3) is 21.5 Å². The summed E-state index contributed by atoms with van der Waals surface area (Å²) in [5.41, 5.74) is 2.01. The second-order valence-electron chi connectivity index (χ2n) is 6.00. The van der Waals surface area contributed by atoms with Crippen LogP contribution < -0.4 is 0 Å². The Morgan fingerprint density at radius 3 is 2.85 bits per heavy atom. The summed E-state index contributed by atoms with van der Waals surface area (Å²) in [5, 5.41) is 11.9. The van der Waals surface area contributed by atoms with Crippen LogP contribution in [-0.2, 0) is 9.53 Å². The van der Waals surface area contributed by atoms with Crippen LogP contribution in [0.3, 0.4) is 0 Å². The Labute approximate surface area is 153 Å². The molecule has 6 nitrogen and oxygen atoms in total. The number of thiophene rings is 1. The summed E-state index contributed by atoms with van der Waals surface area (Å²) >= 11 is 1.56.